The van der Waals surface area contributed by atoms with Crippen molar-refractivity contribution in [1.29, 1.82) is 0 Å². The summed E-state index contributed by atoms with van der Waals surface area (Å²) in [5.41, 5.74) is 4.30. The Balaban J connectivity index is 1.48. The summed E-state index contributed by atoms with van der Waals surface area (Å²) >= 11 is 7.91. The summed E-state index contributed by atoms with van der Waals surface area (Å²) in [6.45, 7) is 2.81. The number of benzene rings is 3. The predicted molar refractivity (Wildman–Crippen MR) is 128 cm³/mol. The van der Waals surface area contributed by atoms with Crippen LogP contribution in [0.3, 0.4) is 0 Å². The third kappa shape index (κ3) is 4.72. The van der Waals surface area contributed by atoms with Crippen LogP contribution in [-0.2, 0) is 17.8 Å². The molecule has 1 aromatic heterocycles. The molecule has 30 heavy (non-hydrogen) atoms. The number of aromatic nitrogens is 1. The molecule has 0 radical (unpaired) electrons. The largest absolute Gasteiger partial charge is 0.342 e. The molecule has 3 nitrogen and oxygen atoms in total. The summed E-state index contributed by atoms with van der Waals surface area (Å²) < 4.78 is 2.19. The first-order valence-corrected chi connectivity index (χ1v) is 11.3. The predicted octanol–water partition coefficient (Wildman–Crippen LogP) is 6.64. The first-order valence-electron chi connectivity index (χ1n) is 9.97. The normalized spacial score (nSPS) is 11.0. The molecule has 3 aromatic carbocycles. The molecule has 0 saturated heterocycles. The molecule has 1 N–H and O–H groups in total. The zero-order valence-corrected chi connectivity index (χ0v) is 18.3. The molecular formula is C25H23ClN2OS. The van der Waals surface area contributed by atoms with Gasteiger partial charge in [0.15, 0.2) is 0 Å². The Labute approximate surface area is 186 Å². The van der Waals surface area contributed by atoms with E-state index in [2.05, 4.69) is 35.1 Å². The summed E-state index contributed by atoms with van der Waals surface area (Å²) in [6.07, 6.45) is 3.10. The fraction of sp³-hybridized carbons (Fsp3) is 0.160. The Bertz CT molecular complexity index is 1170. The fourth-order valence-corrected chi connectivity index (χ4v) is 4.52. The van der Waals surface area contributed by atoms with E-state index in [1.807, 2.05) is 60.7 Å². The molecule has 1 amide bonds. The molecule has 0 atom stereocenters. The van der Waals surface area contributed by atoms with Crippen LogP contribution < -0.4 is 5.32 Å². The van der Waals surface area contributed by atoms with Gasteiger partial charge in [-0.2, -0.15) is 0 Å². The van der Waals surface area contributed by atoms with Crippen LogP contribution in [0.15, 0.2) is 83.9 Å². The molecule has 4 aromatic rings. The van der Waals surface area contributed by atoms with E-state index in [0.717, 1.165) is 38.5 Å². The zero-order valence-electron chi connectivity index (χ0n) is 16.8. The minimum absolute atomic E-state index is 0.00724. The standard InChI is InChI=1S/C25H23ClN2OS/c1-2-18-11-13-20(14-12-18)27-25(29)17-30-24-16-28(23-10-6-4-8-21(23)24)15-19-7-3-5-9-22(19)26/h3-14,16H,2,15,17H2,1H3,(H,27,29). The molecule has 0 aliphatic carbocycles. The smallest absolute Gasteiger partial charge is 0.234 e. The van der Waals surface area contributed by atoms with E-state index >= 15 is 0 Å². The number of thioether (sulfide) groups is 1. The minimum Gasteiger partial charge on any atom is -0.342 e. The first kappa shape index (κ1) is 20.6. The number of halogens is 1. The number of aryl methyl sites for hydroxylation is 1. The second-order valence-electron chi connectivity index (χ2n) is 7.12. The van der Waals surface area contributed by atoms with Crippen molar-refractivity contribution in [3.05, 3.63) is 95.1 Å². The number of hydrogen-bond acceptors (Lipinski definition) is 2. The van der Waals surface area contributed by atoms with Gasteiger partial charge in [0.2, 0.25) is 5.91 Å². The van der Waals surface area contributed by atoms with Gasteiger partial charge >= 0.3 is 0 Å². The Morgan fingerprint density at radius 1 is 1.00 bits per heavy atom. The molecule has 0 saturated carbocycles. The summed E-state index contributed by atoms with van der Waals surface area (Å²) in [6, 6.07) is 24.2. The Kier molecular flexibility index (Phi) is 6.46. The number of para-hydroxylation sites is 1. The second kappa shape index (κ2) is 9.41. The minimum atomic E-state index is -0.00724. The van der Waals surface area contributed by atoms with E-state index in [1.54, 1.807) is 11.8 Å². The van der Waals surface area contributed by atoms with Crippen molar-refractivity contribution in [2.45, 2.75) is 24.8 Å². The van der Waals surface area contributed by atoms with Gasteiger partial charge in [0.05, 0.1) is 5.75 Å². The molecule has 0 aliphatic rings. The van der Waals surface area contributed by atoms with Crippen LogP contribution >= 0.6 is 23.4 Å². The number of hydrogen-bond donors (Lipinski definition) is 1. The Morgan fingerprint density at radius 2 is 1.73 bits per heavy atom. The molecule has 0 unspecified atom stereocenters. The lowest BCUT2D eigenvalue weighted by atomic mass is 10.1. The number of rotatable bonds is 7. The highest BCUT2D eigenvalue weighted by Crippen LogP contribution is 2.31. The molecule has 5 heteroatoms. The third-order valence-corrected chi connectivity index (χ3v) is 6.47. The van der Waals surface area contributed by atoms with Gasteiger partial charge < -0.3 is 9.88 Å². The quantitative estimate of drug-likeness (QED) is 0.331. The van der Waals surface area contributed by atoms with Crippen molar-refractivity contribution in [2.24, 2.45) is 0 Å². The van der Waals surface area contributed by atoms with Crippen LogP contribution in [0.1, 0.15) is 18.1 Å². The van der Waals surface area contributed by atoms with Gasteiger partial charge in [-0.1, -0.05) is 67.1 Å². The van der Waals surface area contributed by atoms with Gasteiger partial charge in [-0.25, -0.2) is 0 Å². The lowest BCUT2D eigenvalue weighted by molar-refractivity contribution is -0.113. The van der Waals surface area contributed by atoms with Gasteiger partial charge in [0.1, 0.15) is 0 Å². The molecule has 1 heterocycles. The van der Waals surface area contributed by atoms with E-state index in [0.29, 0.717) is 12.3 Å². The second-order valence-corrected chi connectivity index (χ2v) is 8.54. The Morgan fingerprint density at radius 3 is 2.50 bits per heavy atom. The summed E-state index contributed by atoms with van der Waals surface area (Å²) in [5.74, 6) is 0.350. The fourth-order valence-electron chi connectivity index (χ4n) is 3.43. The zero-order chi connectivity index (χ0) is 20.9. The molecule has 0 fully saturated rings. The van der Waals surface area contributed by atoms with Crippen LogP contribution in [0.4, 0.5) is 5.69 Å². The number of amides is 1. The van der Waals surface area contributed by atoms with E-state index in [4.69, 9.17) is 11.6 Å². The maximum atomic E-state index is 12.5. The van der Waals surface area contributed by atoms with Crippen molar-refractivity contribution in [1.82, 2.24) is 4.57 Å². The number of carbonyl (C=O) groups excluding carboxylic acids is 1. The van der Waals surface area contributed by atoms with Crippen molar-refractivity contribution >= 4 is 45.9 Å². The molecule has 152 valence electrons. The average molecular weight is 435 g/mol. The van der Waals surface area contributed by atoms with E-state index < -0.39 is 0 Å². The van der Waals surface area contributed by atoms with Crippen LogP contribution in [0.2, 0.25) is 5.02 Å². The molecule has 4 rings (SSSR count). The van der Waals surface area contributed by atoms with Crippen LogP contribution in [0.25, 0.3) is 10.9 Å². The number of anilines is 1. The lowest BCUT2D eigenvalue weighted by Crippen LogP contribution is -2.13. The van der Waals surface area contributed by atoms with Crippen LogP contribution in [0.5, 0.6) is 0 Å². The van der Waals surface area contributed by atoms with E-state index in [-0.39, 0.29) is 5.91 Å². The molecule has 0 spiro atoms. The lowest BCUT2D eigenvalue weighted by Gasteiger charge is -2.07. The van der Waals surface area contributed by atoms with Crippen LogP contribution in [0, 0.1) is 0 Å². The third-order valence-electron chi connectivity index (χ3n) is 5.06. The van der Waals surface area contributed by atoms with Crippen molar-refractivity contribution in [3.63, 3.8) is 0 Å². The molecule has 0 aliphatic heterocycles. The van der Waals surface area contributed by atoms with Crippen molar-refractivity contribution < 1.29 is 4.79 Å². The number of nitrogens with zero attached hydrogens (tertiary/aromatic N) is 1. The summed E-state index contributed by atoms with van der Waals surface area (Å²) in [5, 5.41) is 4.89. The number of nitrogens with one attached hydrogen (secondary N) is 1. The summed E-state index contributed by atoms with van der Waals surface area (Å²) in [7, 11) is 0. The highest BCUT2D eigenvalue weighted by molar-refractivity contribution is 8.00. The number of carbonyl (C=O) groups is 1. The monoisotopic (exact) mass is 434 g/mol. The molecule has 0 bridgehead atoms. The highest BCUT2D eigenvalue weighted by atomic mass is 35.5. The summed E-state index contributed by atoms with van der Waals surface area (Å²) in [4.78, 5) is 13.6. The SMILES string of the molecule is CCc1ccc(NC(=O)CSc2cn(Cc3ccccc3Cl)c3ccccc23)cc1. The van der Waals surface area contributed by atoms with Crippen molar-refractivity contribution in [2.75, 3.05) is 11.1 Å². The van der Waals surface area contributed by atoms with Gasteiger partial charge in [0, 0.05) is 39.3 Å². The Hall–Kier alpha value is -2.69. The van der Waals surface area contributed by atoms with Crippen molar-refractivity contribution in [3.8, 4) is 0 Å². The average Bonchev–Trinajstić information content (AvgIpc) is 3.12. The van der Waals surface area contributed by atoms with Gasteiger partial charge in [-0.15, -0.1) is 11.8 Å². The topological polar surface area (TPSA) is 34.0 Å². The van der Waals surface area contributed by atoms with Gasteiger partial charge in [-0.3, -0.25) is 4.79 Å². The molecular weight excluding hydrogens is 412 g/mol. The van der Waals surface area contributed by atoms with E-state index in [9.17, 15) is 4.79 Å². The maximum Gasteiger partial charge on any atom is 0.234 e. The van der Waals surface area contributed by atoms with Crippen LogP contribution in [-0.4, -0.2) is 16.2 Å². The van der Waals surface area contributed by atoms with Gasteiger partial charge in [0.25, 0.3) is 0 Å². The highest BCUT2D eigenvalue weighted by Gasteiger charge is 2.12. The maximum absolute atomic E-state index is 12.5. The van der Waals surface area contributed by atoms with E-state index in [1.165, 1.54) is 5.56 Å². The number of fused-ring (bicyclic) bond motifs is 1. The van der Waals surface area contributed by atoms with Gasteiger partial charge in [-0.05, 0) is 41.8 Å². The first-order chi connectivity index (χ1) is 14.6.